The number of allylic oxidation sites excluding steroid dienone is 1. The summed E-state index contributed by atoms with van der Waals surface area (Å²) in [6.45, 7) is 0.418. The van der Waals surface area contributed by atoms with Gasteiger partial charge < -0.3 is 15.7 Å². The number of aliphatic hydroxyl groups is 1. The highest BCUT2D eigenvalue weighted by Crippen LogP contribution is 2.44. The number of alkyl halides is 2. The summed E-state index contributed by atoms with van der Waals surface area (Å²) >= 11 is 0. The van der Waals surface area contributed by atoms with Crippen LogP contribution in [0.3, 0.4) is 0 Å². The van der Waals surface area contributed by atoms with Crippen molar-refractivity contribution in [1.82, 2.24) is 10.3 Å². The lowest BCUT2D eigenvalue weighted by Gasteiger charge is -2.27. The molecule has 3 aliphatic rings. The molecule has 0 bridgehead atoms. The van der Waals surface area contributed by atoms with Crippen molar-refractivity contribution in [2.45, 2.75) is 43.2 Å². The second-order valence-corrected chi connectivity index (χ2v) is 7.86. The quantitative estimate of drug-likeness (QED) is 0.622. The van der Waals surface area contributed by atoms with Crippen LogP contribution in [0.25, 0.3) is 0 Å². The molecule has 0 saturated carbocycles. The second kappa shape index (κ2) is 7.07. The molecule has 4 rings (SSSR count). The van der Waals surface area contributed by atoms with Gasteiger partial charge in [0.05, 0.1) is 5.69 Å². The van der Waals surface area contributed by atoms with E-state index in [1.54, 1.807) is 31.3 Å². The number of anilines is 1. The van der Waals surface area contributed by atoms with Crippen LogP contribution in [0.5, 0.6) is 0 Å². The predicted molar refractivity (Wildman–Crippen MR) is 105 cm³/mol. The molecule has 30 heavy (non-hydrogen) atoms. The number of likely N-dealkylation sites (N-methyl/N-ethyl adjacent to an activating group) is 1. The molecule has 2 aliphatic heterocycles. The van der Waals surface area contributed by atoms with Gasteiger partial charge in [0, 0.05) is 43.3 Å². The molecule has 7 nitrogen and oxygen atoms in total. The molecule has 1 fully saturated rings. The maximum Gasteiger partial charge on any atom is 0.273 e. The van der Waals surface area contributed by atoms with Gasteiger partial charge >= 0.3 is 0 Å². The third kappa shape index (κ3) is 3.32. The summed E-state index contributed by atoms with van der Waals surface area (Å²) in [5, 5.41) is 11.9. The SMILES string of the molecule is CN1CC[C@@](O)(C#Cc2cccc(N3NC(C(N)=O)C4=C3CCCC4(F)F)c2)C1=O. The Morgan fingerprint density at radius 2 is 2.13 bits per heavy atom. The highest BCUT2D eigenvalue weighted by molar-refractivity contribution is 5.90. The van der Waals surface area contributed by atoms with E-state index < -0.39 is 29.4 Å². The fourth-order valence-electron chi connectivity index (χ4n) is 4.14. The second-order valence-electron chi connectivity index (χ2n) is 7.86. The van der Waals surface area contributed by atoms with E-state index in [4.69, 9.17) is 5.73 Å². The van der Waals surface area contributed by atoms with Crippen molar-refractivity contribution < 1.29 is 23.5 Å². The van der Waals surface area contributed by atoms with E-state index in [1.807, 2.05) is 0 Å². The zero-order valence-corrected chi connectivity index (χ0v) is 16.4. The number of halogens is 2. The molecule has 1 saturated heterocycles. The summed E-state index contributed by atoms with van der Waals surface area (Å²) in [5.41, 5.74) is 7.52. The van der Waals surface area contributed by atoms with Gasteiger partial charge in [0.25, 0.3) is 11.8 Å². The lowest BCUT2D eigenvalue weighted by atomic mass is 9.88. The third-order valence-corrected chi connectivity index (χ3v) is 5.74. The molecule has 9 heteroatoms. The fraction of sp³-hybridized carbons (Fsp3) is 0.429. The monoisotopic (exact) mass is 416 g/mol. The molecule has 1 aromatic carbocycles. The minimum absolute atomic E-state index is 0.217. The summed E-state index contributed by atoms with van der Waals surface area (Å²) in [6.07, 6.45) is 0.571. The van der Waals surface area contributed by atoms with Crippen molar-refractivity contribution in [1.29, 1.82) is 0 Å². The van der Waals surface area contributed by atoms with Crippen molar-refractivity contribution in [2.24, 2.45) is 5.73 Å². The van der Waals surface area contributed by atoms with Gasteiger partial charge in [-0.2, -0.15) is 0 Å². The number of hydrazine groups is 1. The largest absolute Gasteiger partial charge is 0.369 e. The number of nitrogens with zero attached hydrogens (tertiary/aromatic N) is 2. The van der Waals surface area contributed by atoms with Crippen molar-refractivity contribution in [2.75, 3.05) is 18.6 Å². The molecular formula is C21H22F2N4O3. The molecule has 2 amide bonds. The smallest absolute Gasteiger partial charge is 0.273 e. The van der Waals surface area contributed by atoms with Crippen molar-refractivity contribution in [3.63, 3.8) is 0 Å². The van der Waals surface area contributed by atoms with Gasteiger partial charge in [-0.05, 0) is 31.0 Å². The summed E-state index contributed by atoms with van der Waals surface area (Å²) < 4.78 is 29.0. The molecule has 0 radical (unpaired) electrons. The standard InChI is InChI=1S/C21H22F2N4O3/c1-26-11-10-20(30,19(26)29)9-7-13-4-2-5-14(12-13)27-15-6-3-8-21(22,23)16(15)17(25-27)18(24)28/h2,4-5,12,17,25,30H,3,6,8,10-11H2,1H3,(H2,24,28)/t17?,20-/m0/s1. The molecule has 2 atom stereocenters. The number of nitrogens with one attached hydrogen (secondary N) is 1. The Bertz CT molecular complexity index is 1010. The van der Waals surface area contributed by atoms with Crippen LogP contribution in [0.2, 0.25) is 0 Å². The normalized spacial score (nSPS) is 27.7. The topological polar surface area (TPSA) is 98.9 Å². The fourth-order valence-corrected chi connectivity index (χ4v) is 4.14. The minimum atomic E-state index is -3.11. The van der Waals surface area contributed by atoms with Gasteiger partial charge in [-0.15, -0.1) is 0 Å². The number of hydrogen-bond donors (Lipinski definition) is 3. The Labute approximate surface area is 172 Å². The number of primary amides is 1. The average Bonchev–Trinajstić information content (AvgIpc) is 3.22. The van der Waals surface area contributed by atoms with Gasteiger partial charge in [0.1, 0.15) is 6.04 Å². The highest BCUT2D eigenvalue weighted by atomic mass is 19.3. The summed E-state index contributed by atoms with van der Waals surface area (Å²) in [6, 6.07) is 5.44. The molecule has 1 unspecified atom stereocenters. The first kappa shape index (κ1) is 20.3. The van der Waals surface area contributed by atoms with Gasteiger partial charge in [-0.3, -0.25) is 14.6 Å². The van der Waals surface area contributed by atoms with Crippen LogP contribution >= 0.6 is 0 Å². The Morgan fingerprint density at radius 3 is 2.80 bits per heavy atom. The lowest BCUT2D eigenvalue weighted by Crippen LogP contribution is -2.47. The first-order valence-electron chi connectivity index (χ1n) is 9.70. The molecule has 1 aromatic rings. The van der Waals surface area contributed by atoms with Crippen LogP contribution in [0.4, 0.5) is 14.5 Å². The van der Waals surface area contributed by atoms with Crippen molar-refractivity contribution in [3.8, 4) is 11.8 Å². The average molecular weight is 416 g/mol. The molecule has 1 aliphatic carbocycles. The van der Waals surface area contributed by atoms with Gasteiger partial charge in [0.15, 0.2) is 0 Å². The Kier molecular flexibility index (Phi) is 4.79. The molecule has 158 valence electrons. The summed E-state index contributed by atoms with van der Waals surface area (Å²) in [7, 11) is 1.60. The molecule has 4 N–H and O–H groups in total. The number of benzene rings is 1. The van der Waals surface area contributed by atoms with Crippen LogP contribution in [0, 0.1) is 11.8 Å². The maximum absolute atomic E-state index is 14.5. The van der Waals surface area contributed by atoms with E-state index in [2.05, 4.69) is 17.3 Å². The van der Waals surface area contributed by atoms with Gasteiger partial charge in [-0.1, -0.05) is 17.9 Å². The number of carbonyl (C=O) groups is 2. The predicted octanol–water partition coefficient (Wildman–Crippen LogP) is 0.883. The maximum atomic E-state index is 14.5. The van der Waals surface area contributed by atoms with E-state index in [0.717, 1.165) is 0 Å². The number of amides is 2. The third-order valence-electron chi connectivity index (χ3n) is 5.74. The Balaban J connectivity index is 1.67. The van der Waals surface area contributed by atoms with Crippen LogP contribution in [0.1, 0.15) is 31.2 Å². The first-order valence-corrected chi connectivity index (χ1v) is 9.70. The summed E-state index contributed by atoms with van der Waals surface area (Å²) in [5.74, 6) is 1.02. The summed E-state index contributed by atoms with van der Waals surface area (Å²) in [4.78, 5) is 25.3. The Hall–Kier alpha value is -2.96. The van der Waals surface area contributed by atoms with E-state index in [1.165, 1.54) is 9.91 Å². The van der Waals surface area contributed by atoms with Crippen LogP contribution < -0.4 is 16.2 Å². The number of nitrogens with two attached hydrogens (primary N) is 1. The van der Waals surface area contributed by atoms with Crippen molar-refractivity contribution in [3.05, 3.63) is 41.1 Å². The number of rotatable bonds is 2. The van der Waals surface area contributed by atoms with E-state index in [-0.39, 0.29) is 24.8 Å². The van der Waals surface area contributed by atoms with E-state index in [9.17, 15) is 23.5 Å². The molecule has 0 aromatic heterocycles. The zero-order chi connectivity index (χ0) is 21.7. The number of likely N-dealkylation sites (tertiary alicyclic amines) is 1. The lowest BCUT2D eigenvalue weighted by molar-refractivity contribution is -0.137. The molecule has 0 spiro atoms. The van der Waals surface area contributed by atoms with Crippen LogP contribution in [0.15, 0.2) is 35.5 Å². The number of hydrogen-bond acceptors (Lipinski definition) is 5. The van der Waals surface area contributed by atoms with Crippen LogP contribution in [-0.2, 0) is 9.59 Å². The van der Waals surface area contributed by atoms with E-state index >= 15 is 0 Å². The van der Waals surface area contributed by atoms with Gasteiger partial charge in [0.2, 0.25) is 11.5 Å². The highest BCUT2D eigenvalue weighted by Gasteiger charge is 2.50. The van der Waals surface area contributed by atoms with Crippen LogP contribution in [-0.4, -0.2) is 53.0 Å². The molecule has 2 heterocycles. The Morgan fingerprint density at radius 1 is 1.37 bits per heavy atom. The van der Waals surface area contributed by atoms with Crippen molar-refractivity contribution >= 4 is 17.5 Å². The first-order chi connectivity index (χ1) is 14.1. The minimum Gasteiger partial charge on any atom is -0.369 e. The van der Waals surface area contributed by atoms with E-state index in [0.29, 0.717) is 29.9 Å². The van der Waals surface area contributed by atoms with Gasteiger partial charge in [-0.25, -0.2) is 14.2 Å². The molecular weight excluding hydrogens is 394 g/mol. The zero-order valence-electron chi connectivity index (χ0n) is 16.4. The number of carbonyl (C=O) groups excluding carboxylic acids is 2.